The summed E-state index contributed by atoms with van der Waals surface area (Å²) in [6.45, 7) is 0. The number of carbonyl (C=O) groups is 1. The van der Waals surface area contributed by atoms with E-state index >= 15 is 0 Å². The Kier molecular flexibility index (Phi) is 2.57. The lowest BCUT2D eigenvalue weighted by atomic mass is 10.2. The van der Waals surface area contributed by atoms with Crippen LogP contribution in [0.15, 0.2) is 34.7 Å². The summed E-state index contributed by atoms with van der Waals surface area (Å²) in [4.78, 5) is 16.1. The average Bonchev–Trinajstić information content (AvgIpc) is 2.93. The fourth-order valence-electron chi connectivity index (χ4n) is 1.65. The maximum absolute atomic E-state index is 11.1. The maximum Gasteiger partial charge on any atom is 0.339 e. The van der Waals surface area contributed by atoms with E-state index in [0.717, 1.165) is 4.88 Å². The van der Waals surface area contributed by atoms with Crippen molar-refractivity contribution in [3.8, 4) is 10.8 Å². The van der Waals surface area contributed by atoms with Gasteiger partial charge >= 0.3 is 5.97 Å². The molecule has 2 heterocycles. The van der Waals surface area contributed by atoms with Crippen LogP contribution >= 0.6 is 22.9 Å². The first-order chi connectivity index (χ1) is 8.65. The number of carboxylic acid groups (broad SMARTS) is 1. The molecule has 4 nitrogen and oxygen atoms in total. The van der Waals surface area contributed by atoms with Crippen LogP contribution in [0.1, 0.15) is 10.4 Å². The number of fused-ring (bicyclic) bond motifs is 1. The summed E-state index contributed by atoms with van der Waals surface area (Å²) in [7, 11) is 0. The molecule has 0 saturated heterocycles. The second-order valence-corrected chi connectivity index (χ2v) is 5.30. The molecule has 3 rings (SSSR count). The molecule has 0 aliphatic carbocycles. The second kappa shape index (κ2) is 4.12. The van der Waals surface area contributed by atoms with E-state index in [1.807, 2.05) is 0 Å². The second-order valence-electron chi connectivity index (χ2n) is 3.58. The summed E-state index contributed by atoms with van der Waals surface area (Å²) >= 11 is 7.18. The van der Waals surface area contributed by atoms with Gasteiger partial charge in [0.15, 0.2) is 5.58 Å². The van der Waals surface area contributed by atoms with Crippen molar-refractivity contribution in [2.75, 3.05) is 0 Å². The number of aromatic nitrogens is 1. The minimum Gasteiger partial charge on any atom is -0.478 e. The van der Waals surface area contributed by atoms with Crippen LogP contribution in [0, 0.1) is 0 Å². The van der Waals surface area contributed by atoms with Gasteiger partial charge in [0.05, 0.1) is 9.21 Å². The van der Waals surface area contributed by atoms with E-state index in [4.69, 9.17) is 21.1 Å². The molecule has 0 spiro atoms. The third-order valence-corrected chi connectivity index (χ3v) is 3.65. The summed E-state index contributed by atoms with van der Waals surface area (Å²) < 4.78 is 6.15. The van der Waals surface area contributed by atoms with Gasteiger partial charge in [0, 0.05) is 0 Å². The average molecular weight is 280 g/mol. The minimum absolute atomic E-state index is 0.105. The van der Waals surface area contributed by atoms with Crippen LogP contribution in [0.3, 0.4) is 0 Å². The quantitative estimate of drug-likeness (QED) is 0.772. The number of benzene rings is 1. The lowest BCUT2D eigenvalue weighted by Gasteiger charge is -1.92. The monoisotopic (exact) mass is 279 g/mol. The number of carboxylic acids is 1. The molecule has 18 heavy (non-hydrogen) atoms. The number of para-hydroxylation sites is 1. The summed E-state index contributed by atoms with van der Waals surface area (Å²) in [5.74, 6) is -0.650. The molecule has 1 aromatic carbocycles. The highest BCUT2D eigenvalue weighted by Gasteiger charge is 2.16. The topological polar surface area (TPSA) is 63.3 Å². The molecule has 0 bridgehead atoms. The molecular formula is C12H6ClNO3S. The Morgan fingerprint density at radius 1 is 1.33 bits per heavy atom. The van der Waals surface area contributed by atoms with E-state index in [1.165, 1.54) is 17.4 Å². The molecule has 90 valence electrons. The molecule has 0 aliphatic rings. The Hall–Kier alpha value is -1.85. The van der Waals surface area contributed by atoms with Crippen LogP contribution in [0.5, 0.6) is 0 Å². The van der Waals surface area contributed by atoms with Crippen molar-refractivity contribution in [2.45, 2.75) is 0 Å². The first kappa shape index (κ1) is 11.3. The summed E-state index contributed by atoms with van der Waals surface area (Å²) in [5.41, 5.74) is 0.910. The van der Waals surface area contributed by atoms with Crippen LogP contribution < -0.4 is 0 Å². The van der Waals surface area contributed by atoms with Gasteiger partial charge in [-0.1, -0.05) is 17.7 Å². The number of halogens is 1. The predicted molar refractivity (Wildman–Crippen MR) is 69.3 cm³/mol. The first-order valence-electron chi connectivity index (χ1n) is 5.04. The summed E-state index contributed by atoms with van der Waals surface area (Å²) in [5, 5.41) is 9.06. The van der Waals surface area contributed by atoms with Crippen molar-refractivity contribution in [1.29, 1.82) is 0 Å². The van der Waals surface area contributed by atoms with Crippen molar-refractivity contribution in [2.24, 2.45) is 0 Å². The third-order valence-electron chi connectivity index (χ3n) is 2.43. The van der Waals surface area contributed by atoms with Gasteiger partial charge in [-0.25, -0.2) is 9.78 Å². The fourth-order valence-corrected chi connectivity index (χ4v) is 2.62. The van der Waals surface area contributed by atoms with E-state index in [9.17, 15) is 4.79 Å². The number of oxazole rings is 1. The molecule has 0 radical (unpaired) electrons. The molecular weight excluding hydrogens is 274 g/mol. The smallest absolute Gasteiger partial charge is 0.339 e. The van der Waals surface area contributed by atoms with Crippen molar-refractivity contribution in [1.82, 2.24) is 4.98 Å². The fraction of sp³-hybridized carbons (Fsp3) is 0. The van der Waals surface area contributed by atoms with E-state index in [0.29, 0.717) is 15.7 Å². The molecule has 0 fully saturated rings. The Labute approximate surface area is 110 Å². The van der Waals surface area contributed by atoms with Crippen LogP contribution in [0.25, 0.3) is 21.9 Å². The summed E-state index contributed by atoms with van der Waals surface area (Å²) in [6, 6.07) is 8.37. The van der Waals surface area contributed by atoms with Crippen LogP contribution in [-0.4, -0.2) is 16.1 Å². The van der Waals surface area contributed by atoms with Gasteiger partial charge in [0.25, 0.3) is 0 Å². The molecule has 2 aromatic heterocycles. The van der Waals surface area contributed by atoms with Crippen LogP contribution in [0.4, 0.5) is 0 Å². The number of thiophene rings is 1. The predicted octanol–water partition coefficient (Wildman–Crippen LogP) is 3.91. The van der Waals surface area contributed by atoms with Crippen LogP contribution in [-0.2, 0) is 0 Å². The Balaban J connectivity index is 2.22. The molecule has 6 heteroatoms. The molecule has 0 saturated carbocycles. The Bertz CT molecular complexity index is 747. The zero-order valence-electron chi connectivity index (χ0n) is 8.88. The molecule has 0 amide bonds. The van der Waals surface area contributed by atoms with Crippen molar-refractivity contribution in [3.05, 3.63) is 40.2 Å². The molecule has 0 aliphatic heterocycles. The standard InChI is InChI=1S/C12H6ClNO3S/c13-9-5-4-8(18-9)11-14-7-3-1-2-6(12(15)16)10(7)17-11/h1-5H,(H,15,16). The van der Waals surface area contributed by atoms with E-state index in [2.05, 4.69) is 4.98 Å². The van der Waals surface area contributed by atoms with Crippen molar-refractivity contribution >= 4 is 40.0 Å². The van der Waals surface area contributed by atoms with Gasteiger partial charge < -0.3 is 9.52 Å². The SMILES string of the molecule is O=C(O)c1cccc2nc(-c3ccc(Cl)s3)oc12. The van der Waals surface area contributed by atoms with Crippen LogP contribution in [0.2, 0.25) is 4.34 Å². The largest absolute Gasteiger partial charge is 0.478 e. The number of rotatable bonds is 2. The van der Waals surface area contributed by atoms with Gasteiger partial charge in [-0.3, -0.25) is 0 Å². The molecule has 3 aromatic rings. The molecule has 0 atom stereocenters. The lowest BCUT2D eigenvalue weighted by Crippen LogP contribution is -1.95. The number of hydrogen-bond donors (Lipinski definition) is 1. The zero-order valence-corrected chi connectivity index (χ0v) is 10.5. The highest BCUT2D eigenvalue weighted by molar-refractivity contribution is 7.19. The van der Waals surface area contributed by atoms with Gasteiger partial charge in [0.1, 0.15) is 11.1 Å². The summed E-state index contributed by atoms with van der Waals surface area (Å²) in [6.07, 6.45) is 0. The zero-order chi connectivity index (χ0) is 12.7. The van der Waals surface area contributed by atoms with Crippen molar-refractivity contribution < 1.29 is 14.3 Å². The van der Waals surface area contributed by atoms with Gasteiger partial charge in [-0.2, -0.15) is 0 Å². The Morgan fingerprint density at radius 2 is 2.17 bits per heavy atom. The van der Waals surface area contributed by atoms with Crippen molar-refractivity contribution in [3.63, 3.8) is 0 Å². The first-order valence-corrected chi connectivity index (χ1v) is 6.23. The van der Waals surface area contributed by atoms with Gasteiger partial charge in [-0.05, 0) is 24.3 Å². The number of aromatic carboxylic acids is 1. The van der Waals surface area contributed by atoms with E-state index in [-0.39, 0.29) is 11.1 Å². The van der Waals surface area contributed by atoms with Gasteiger partial charge in [0.2, 0.25) is 5.89 Å². The highest BCUT2D eigenvalue weighted by atomic mass is 35.5. The minimum atomic E-state index is -1.03. The highest BCUT2D eigenvalue weighted by Crippen LogP contribution is 2.33. The maximum atomic E-state index is 11.1. The lowest BCUT2D eigenvalue weighted by molar-refractivity contribution is 0.0698. The molecule has 0 unspecified atom stereocenters. The Morgan fingerprint density at radius 3 is 2.83 bits per heavy atom. The number of hydrogen-bond acceptors (Lipinski definition) is 4. The third kappa shape index (κ3) is 1.77. The molecule has 1 N–H and O–H groups in total. The van der Waals surface area contributed by atoms with E-state index in [1.54, 1.807) is 24.3 Å². The van der Waals surface area contributed by atoms with E-state index < -0.39 is 5.97 Å². The normalized spacial score (nSPS) is 10.9. The number of nitrogens with zero attached hydrogens (tertiary/aromatic N) is 1. The van der Waals surface area contributed by atoms with Gasteiger partial charge in [-0.15, -0.1) is 11.3 Å².